The normalized spacial score (nSPS) is 27.7. The number of allylic oxidation sites excluding steroid dienone is 2. The van der Waals surface area contributed by atoms with Gasteiger partial charge in [-0.25, -0.2) is 0 Å². The molecule has 1 rings (SSSR count). The third-order valence-electron chi connectivity index (χ3n) is 5.64. The first kappa shape index (κ1) is 22.1. The molecule has 25 heavy (non-hydrogen) atoms. The molecule has 0 saturated heterocycles. The van der Waals surface area contributed by atoms with Crippen molar-refractivity contribution < 1.29 is 9.53 Å². The summed E-state index contributed by atoms with van der Waals surface area (Å²) in [6, 6.07) is 0. The van der Waals surface area contributed by atoms with Gasteiger partial charge in [0, 0.05) is 24.3 Å². The van der Waals surface area contributed by atoms with Gasteiger partial charge in [0.05, 0.1) is 5.60 Å². The second-order valence-corrected chi connectivity index (χ2v) is 14.6. The Kier molecular flexibility index (Phi) is 6.51. The third-order valence-corrected chi connectivity index (χ3v) is 10.2. The van der Waals surface area contributed by atoms with Crippen molar-refractivity contribution in [1.29, 1.82) is 5.41 Å². The molecule has 1 fully saturated rings. The maximum atomic E-state index is 11.1. The molecule has 0 aromatic rings. The highest BCUT2D eigenvalue weighted by molar-refractivity contribution is 6.74. The summed E-state index contributed by atoms with van der Waals surface area (Å²) in [7, 11) is -1.87. The Hall–Kier alpha value is -0.933. The van der Waals surface area contributed by atoms with Crippen molar-refractivity contribution in [2.75, 3.05) is 0 Å². The van der Waals surface area contributed by atoms with Crippen molar-refractivity contribution in [3.05, 3.63) is 29.0 Å². The lowest BCUT2D eigenvalue weighted by Gasteiger charge is -2.48. The van der Waals surface area contributed by atoms with Gasteiger partial charge in [-0.1, -0.05) is 34.6 Å². The average molecular weight is 364 g/mol. The van der Waals surface area contributed by atoms with Crippen LogP contribution in [0.5, 0.6) is 0 Å². The van der Waals surface area contributed by atoms with E-state index in [0.717, 1.165) is 17.6 Å². The van der Waals surface area contributed by atoms with Crippen LogP contribution < -0.4 is 0 Å². The highest BCUT2D eigenvalue weighted by Crippen LogP contribution is 2.48. The molecule has 2 atom stereocenters. The summed E-state index contributed by atoms with van der Waals surface area (Å²) in [5.41, 5.74) is 4.08. The molecule has 0 spiro atoms. The highest BCUT2D eigenvalue weighted by atomic mass is 28.4. The van der Waals surface area contributed by atoms with Gasteiger partial charge in [0.2, 0.25) is 0 Å². The van der Waals surface area contributed by atoms with Crippen LogP contribution in [0.1, 0.15) is 61.3 Å². The summed E-state index contributed by atoms with van der Waals surface area (Å²) in [4.78, 5) is 0. The lowest BCUT2D eigenvalue weighted by atomic mass is 9.65. The molecule has 0 amide bonds. The number of nitrogens with one attached hydrogen (secondary N) is 1. The molecular formula is C21H37NO2Si. The average Bonchev–Trinajstić information content (AvgIpc) is 2.33. The molecule has 0 bridgehead atoms. The lowest BCUT2D eigenvalue weighted by molar-refractivity contribution is -0.0218. The molecule has 0 aliphatic heterocycles. The van der Waals surface area contributed by atoms with Crippen LogP contribution in [0.3, 0.4) is 0 Å². The Morgan fingerprint density at radius 3 is 2.28 bits per heavy atom. The van der Waals surface area contributed by atoms with Gasteiger partial charge in [0.25, 0.3) is 0 Å². The summed E-state index contributed by atoms with van der Waals surface area (Å²) >= 11 is 0. The molecular weight excluding hydrogens is 326 g/mol. The van der Waals surface area contributed by atoms with Crippen LogP contribution in [-0.2, 0) is 4.43 Å². The molecule has 142 valence electrons. The van der Waals surface area contributed by atoms with Gasteiger partial charge in [0.1, 0.15) is 0 Å². The summed E-state index contributed by atoms with van der Waals surface area (Å²) in [5.74, 6) is 0. The number of rotatable bonds is 4. The maximum Gasteiger partial charge on any atom is 0.192 e. The van der Waals surface area contributed by atoms with Gasteiger partial charge in [-0.15, -0.1) is 5.73 Å². The van der Waals surface area contributed by atoms with Crippen LogP contribution in [0.25, 0.3) is 0 Å². The number of hydrogen-bond donors (Lipinski definition) is 2. The zero-order valence-corrected chi connectivity index (χ0v) is 18.6. The zero-order chi connectivity index (χ0) is 19.7. The largest absolute Gasteiger partial charge is 0.414 e. The van der Waals surface area contributed by atoms with Crippen molar-refractivity contribution in [3.8, 4) is 0 Å². The van der Waals surface area contributed by atoms with E-state index in [1.165, 1.54) is 6.21 Å². The fourth-order valence-corrected chi connectivity index (χ4v) is 4.76. The molecule has 2 N–H and O–H groups in total. The number of aliphatic hydroxyl groups is 1. The lowest BCUT2D eigenvalue weighted by Crippen LogP contribution is -2.51. The van der Waals surface area contributed by atoms with Gasteiger partial charge < -0.3 is 14.9 Å². The van der Waals surface area contributed by atoms with E-state index in [1.54, 1.807) is 6.08 Å². The van der Waals surface area contributed by atoms with E-state index in [2.05, 4.69) is 53.4 Å². The minimum Gasteiger partial charge on any atom is -0.414 e. The Morgan fingerprint density at radius 2 is 1.84 bits per heavy atom. The standard InChI is InChI=1S/C21H37NO2Si/c1-16(12-13-22)10-11-18-20(5,6)14-17(15-21(18,7)23)24-25(8,9)19(2,3)4/h10,12-13,17,22-23H,14-15H2,1-9H3/b16-12-,22-13?/t11?,17-,21+/m0/s1. The first-order valence-corrected chi connectivity index (χ1v) is 12.1. The van der Waals surface area contributed by atoms with Crippen LogP contribution in [0.2, 0.25) is 18.1 Å². The molecule has 3 nitrogen and oxygen atoms in total. The number of hydrogen-bond acceptors (Lipinski definition) is 3. The molecule has 0 heterocycles. The molecule has 1 saturated carbocycles. The predicted octanol–water partition coefficient (Wildman–Crippen LogP) is 5.63. The first-order valence-electron chi connectivity index (χ1n) is 9.18. The van der Waals surface area contributed by atoms with Crippen molar-refractivity contribution in [3.63, 3.8) is 0 Å². The van der Waals surface area contributed by atoms with E-state index in [9.17, 15) is 5.11 Å². The van der Waals surface area contributed by atoms with Gasteiger partial charge in [-0.05, 0) is 61.5 Å². The second-order valence-electron chi connectivity index (χ2n) is 9.81. The molecule has 1 aliphatic rings. The minimum absolute atomic E-state index is 0.0645. The molecule has 0 aromatic carbocycles. The van der Waals surface area contributed by atoms with Gasteiger partial charge in [-0.2, -0.15) is 0 Å². The second kappa shape index (κ2) is 7.36. The smallest absolute Gasteiger partial charge is 0.192 e. The van der Waals surface area contributed by atoms with Crippen molar-refractivity contribution in [2.24, 2.45) is 5.41 Å². The van der Waals surface area contributed by atoms with E-state index >= 15 is 0 Å². The van der Waals surface area contributed by atoms with Gasteiger partial charge in [-0.3, -0.25) is 0 Å². The third kappa shape index (κ3) is 5.52. The Labute approximate surface area is 155 Å². The van der Waals surface area contributed by atoms with Gasteiger partial charge in [0.15, 0.2) is 8.32 Å². The Balaban J connectivity index is 3.17. The molecule has 0 unspecified atom stereocenters. The fraction of sp³-hybridized carbons (Fsp3) is 0.714. The van der Waals surface area contributed by atoms with E-state index in [1.807, 2.05) is 19.9 Å². The van der Waals surface area contributed by atoms with Crippen LogP contribution in [0.15, 0.2) is 29.0 Å². The Morgan fingerprint density at radius 1 is 1.28 bits per heavy atom. The van der Waals surface area contributed by atoms with E-state index in [0.29, 0.717) is 6.42 Å². The summed E-state index contributed by atoms with van der Waals surface area (Å²) in [6.45, 7) is 19.4. The van der Waals surface area contributed by atoms with Crippen LogP contribution >= 0.6 is 0 Å². The first-order chi connectivity index (χ1) is 11.1. The monoisotopic (exact) mass is 363 g/mol. The molecule has 0 radical (unpaired) electrons. The molecule has 4 heteroatoms. The van der Waals surface area contributed by atoms with Gasteiger partial charge >= 0.3 is 0 Å². The zero-order valence-electron chi connectivity index (χ0n) is 17.6. The van der Waals surface area contributed by atoms with Crippen LogP contribution in [-0.4, -0.2) is 31.3 Å². The molecule has 1 aliphatic carbocycles. The fourth-order valence-electron chi connectivity index (χ4n) is 3.41. The minimum atomic E-state index is -1.87. The summed E-state index contributed by atoms with van der Waals surface area (Å²) in [6.07, 6.45) is 6.42. The van der Waals surface area contributed by atoms with Crippen LogP contribution in [0, 0.1) is 10.8 Å². The SMILES string of the molecule is C/C(C=C=C1C(C)(C)C[C@H](O[Si](C)(C)C(C)(C)C)C[C@@]1(C)O)=C/C=N. The Bertz CT molecular complexity index is 580. The summed E-state index contributed by atoms with van der Waals surface area (Å²) < 4.78 is 6.61. The topological polar surface area (TPSA) is 53.3 Å². The quantitative estimate of drug-likeness (QED) is 0.294. The van der Waals surface area contributed by atoms with Crippen molar-refractivity contribution in [1.82, 2.24) is 0 Å². The predicted molar refractivity (Wildman–Crippen MR) is 110 cm³/mol. The van der Waals surface area contributed by atoms with E-state index in [-0.39, 0.29) is 16.6 Å². The highest BCUT2D eigenvalue weighted by Gasteiger charge is 2.48. The van der Waals surface area contributed by atoms with E-state index in [4.69, 9.17) is 9.84 Å². The molecule has 0 aromatic heterocycles. The van der Waals surface area contributed by atoms with E-state index < -0.39 is 13.9 Å². The summed E-state index contributed by atoms with van der Waals surface area (Å²) in [5, 5.41) is 18.4. The van der Waals surface area contributed by atoms with Crippen LogP contribution in [0.4, 0.5) is 0 Å². The van der Waals surface area contributed by atoms with Crippen molar-refractivity contribution >= 4 is 14.5 Å². The maximum absolute atomic E-state index is 11.1. The van der Waals surface area contributed by atoms with Crippen molar-refractivity contribution in [2.45, 2.75) is 91.1 Å².